The molecule has 8 heteroatoms. The van der Waals surface area contributed by atoms with Crippen molar-refractivity contribution in [1.82, 2.24) is 19.8 Å². The minimum absolute atomic E-state index is 0.0180. The number of nitrogens with one attached hydrogen (secondary N) is 1. The smallest absolute Gasteiger partial charge is 0.415 e. The first-order valence-corrected chi connectivity index (χ1v) is 11.5. The number of aromatic nitrogens is 2. The highest BCUT2D eigenvalue weighted by Gasteiger charge is 2.37. The van der Waals surface area contributed by atoms with E-state index in [0.29, 0.717) is 18.4 Å². The summed E-state index contributed by atoms with van der Waals surface area (Å²) in [6, 6.07) is 10.5. The van der Waals surface area contributed by atoms with Gasteiger partial charge in [0, 0.05) is 38.9 Å². The lowest BCUT2D eigenvalue weighted by atomic mass is 10.0. The van der Waals surface area contributed by atoms with Crippen molar-refractivity contribution in [3.05, 3.63) is 47.7 Å². The van der Waals surface area contributed by atoms with E-state index in [1.54, 1.807) is 17.2 Å². The zero-order chi connectivity index (χ0) is 22.7. The Morgan fingerprint density at radius 2 is 1.81 bits per heavy atom. The number of carbonyl (C=O) groups excluding carboxylic acids is 1. The number of benzene rings is 1. The first kappa shape index (κ1) is 22.5. The minimum Gasteiger partial charge on any atom is -0.447 e. The molecular weight excluding hydrogens is 404 g/mol. The Balaban J connectivity index is 1.39. The number of likely N-dealkylation sites (N-methyl/N-ethyl adjacent to an activating group) is 1. The lowest BCUT2D eigenvalue weighted by Gasteiger charge is -2.32. The van der Waals surface area contributed by atoms with Crippen LogP contribution in [0.25, 0.3) is 0 Å². The van der Waals surface area contributed by atoms with Crippen LogP contribution in [0, 0.1) is 5.92 Å². The molecule has 0 saturated carbocycles. The van der Waals surface area contributed by atoms with Gasteiger partial charge in [-0.3, -0.25) is 9.80 Å². The van der Waals surface area contributed by atoms with Crippen LogP contribution in [0.1, 0.15) is 37.9 Å². The number of anilines is 2. The molecule has 0 spiro atoms. The quantitative estimate of drug-likeness (QED) is 0.710. The van der Waals surface area contributed by atoms with E-state index in [1.807, 2.05) is 0 Å². The molecule has 8 nitrogen and oxygen atoms in total. The van der Waals surface area contributed by atoms with E-state index in [1.165, 1.54) is 11.1 Å². The summed E-state index contributed by atoms with van der Waals surface area (Å²) in [6.45, 7) is 12.1. The highest BCUT2D eigenvalue weighted by atomic mass is 16.6. The van der Waals surface area contributed by atoms with Gasteiger partial charge in [0.05, 0.1) is 12.1 Å². The second-order valence-electron chi connectivity index (χ2n) is 9.18. The summed E-state index contributed by atoms with van der Waals surface area (Å²) >= 11 is 0. The lowest BCUT2D eigenvalue weighted by molar-refractivity contribution is 0.148. The molecular formula is C24H34N6O2. The zero-order valence-electron chi connectivity index (χ0n) is 19.5. The molecule has 2 saturated heterocycles. The van der Waals surface area contributed by atoms with Crippen LogP contribution < -0.4 is 10.2 Å². The molecule has 3 heterocycles. The van der Waals surface area contributed by atoms with Crippen molar-refractivity contribution in [2.45, 2.75) is 39.4 Å². The molecule has 2 aliphatic heterocycles. The van der Waals surface area contributed by atoms with Crippen molar-refractivity contribution >= 4 is 17.9 Å². The number of ether oxygens (including phenoxy) is 1. The van der Waals surface area contributed by atoms with Gasteiger partial charge in [0.15, 0.2) is 0 Å². The fraction of sp³-hybridized carbons (Fsp3) is 0.542. The molecule has 1 amide bonds. The summed E-state index contributed by atoms with van der Waals surface area (Å²) in [7, 11) is 2.18. The van der Waals surface area contributed by atoms with Gasteiger partial charge in [0.25, 0.3) is 0 Å². The van der Waals surface area contributed by atoms with Gasteiger partial charge in [-0.15, -0.1) is 0 Å². The van der Waals surface area contributed by atoms with Gasteiger partial charge in [-0.2, -0.15) is 4.98 Å². The molecule has 172 valence electrons. The van der Waals surface area contributed by atoms with E-state index in [9.17, 15) is 4.79 Å². The number of hydrogen-bond acceptors (Lipinski definition) is 7. The van der Waals surface area contributed by atoms with E-state index in [2.05, 4.69) is 77.2 Å². The number of rotatable bonds is 7. The Kier molecular flexibility index (Phi) is 6.91. The fourth-order valence-electron chi connectivity index (χ4n) is 4.20. The molecule has 0 radical (unpaired) electrons. The summed E-state index contributed by atoms with van der Waals surface area (Å²) < 4.78 is 5.26. The Labute approximate surface area is 190 Å². The van der Waals surface area contributed by atoms with Crippen LogP contribution in [-0.2, 0) is 11.3 Å². The van der Waals surface area contributed by atoms with Gasteiger partial charge >= 0.3 is 6.09 Å². The number of piperazine rings is 1. The monoisotopic (exact) mass is 438 g/mol. The number of nitrogens with zero attached hydrogens (tertiary/aromatic N) is 5. The van der Waals surface area contributed by atoms with Gasteiger partial charge in [0.1, 0.15) is 12.4 Å². The largest absolute Gasteiger partial charge is 0.447 e. The van der Waals surface area contributed by atoms with E-state index >= 15 is 0 Å². The van der Waals surface area contributed by atoms with Gasteiger partial charge in [-0.25, -0.2) is 9.78 Å². The molecule has 1 N–H and O–H groups in total. The predicted octanol–water partition coefficient (Wildman–Crippen LogP) is 3.38. The third-order valence-corrected chi connectivity index (χ3v) is 6.39. The van der Waals surface area contributed by atoms with Crippen LogP contribution in [0.5, 0.6) is 0 Å². The first-order valence-electron chi connectivity index (χ1n) is 11.5. The lowest BCUT2D eigenvalue weighted by Crippen LogP contribution is -2.43. The molecule has 1 aromatic heterocycles. The molecule has 1 aromatic carbocycles. The highest BCUT2D eigenvalue weighted by molar-refractivity contribution is 5.89. The summed E-state index contributed by atoms with van der Waals surface area (Å²) in [6.07, 6.45) is 1.33. The predicted molar refractivity (Wildman–Crippen MR) is 126 cm³/mol. The summed E-state index contributed by atoms with van der Waals surface area (Å²) in [5.74, 6) is 1.34. The molecule has 4 rings (SSSR count). The van der Waals surface area contributed by atoms with Crippen molar-refractivity contribution in [3.8, 4) is 0 Å². The second-order valence-corrected chi connectivity index (χ2v) is 9.18. The third-order valence-electron chi connectivity index (χ3n) is 6.39. The number of carbonyl (C=O) groups is 1. The van der Waals surface area contributed by atoms with Crippen molar-refractivity contribution < 1.29 is 9.53 Å². The maximum Gasteiger partial charge on any atom is 0.415 e. The highest BCUT2D eigenvalue weighted by Crippen LogP contribution is 2.26. The van der Waals surface area contributed by atoms with Crippen LogP contribution >= 0.6 is 0 Å². The van der Waals surface area contributed by atoms with Gasteiger partial charge in [-0.1, -0.05) is 38.1 Å². The molecule has 2 fully saturated rings. The number of cyclic esters (lactones) is 1. The molecule has 32 heavy (non-hydrogen) atoms. The maximum absolute atomic E-state index is 12.3. The minimum atomic E-state index is -0.350. The van der Waals surface area contributed by atoms with E-state index in [-0.39, 0.29) is 24.1 Å². The molecule has 2 aromatic rings. The van der Waals surface area contributed by atoms with E-state index in [0.717, 1.165) is 32.7 Å². The van der Waals surface area contributed by atoms with E-state index in [4.69, 9.17) is 4.74 Å². The Morgan fingerprint density at radius 1 is 1.09 bits per heavy atom. The SMILES string of the molecule is CC(C)C1COC(=O)N1c1ccnc(N[C@@H](C)c2ccc(CN3CCN(C)CC3)cc2)n1. The van der Waals surface area contributed by atoms with Gasteiger partial charge < -0.3 is 15.0 Å². The molecule has 1 unspecified atom stereocenters. The van der Waals surface area contributed by atoms with Crippen molar-refractivity contribution in [3.63, 3.8) is 0 Å². The molecule has 0 aliphatic carbocycles. The van der Waals surface area contributed by atoms with Crippen LogP contribution in [-0.4, -0.2) is 71.7 Å². The standard InChI is InChI=1S/C24H34N6O2/c1-17(2)21-16-32-24(31)30(21)22-9-10-25-23(27-22)26-18(3)20-7-5-19(6-8-20)15-29-13-11-28(4)12-14-29/h5-10,17-18,21H,11-16H2,1-4H3,(H,25,26,27)/t18-,21?/m0/s1. The Morgan fingerprint density at radius 3 is 2.50 bits per heavy atom. The normalized spacial score (nSPS) is 21.1. The molecule has 2 atom stereocenters. The Bertz CT molecular complexity index is 911. The van der Waals surface area contributed by atoms with Gasteiger partial charge in [0.2, 0.25) is 5.95 Å². The average molecular weight is 439 g/mol. The molecule has 2 aliphatic rings. The molecule has 0 bridgehead atoms. The average Bonchev–Trinajstić information content (AvgIpc) is 3.18. The Hall–Kier alpha value is -2.71. The summed E-state index contributed by atoms with van der Waals surface area (Å²) in [5, 5.41) is 3.37. The van der Waals surface area contributed by atoms with Crippen molar-refractivity contribution in [2.24, 2.45) is 5.92 Å². The second kappa shape index (κ2) is 9.83. The number of hydrogen-bond donors (Lipinski definition) is 1. The topological polar surface area (TPSA) is 73.8 Å². The summed E-state index contributed by atoms with van der Waals surface area (Å²) in [5.41, 5.74) is 2.50. The van der Waals surface area contributed by atoms with Crippen molar-refractivity contribution in [1.29, 1.82) is 0 Å². The van der Waals surface area contributed by atoms with Crippen molar-refractivity contribution in [2.75, 3.05) is 50.1 Å². The third kappa shape index (κ3) is 5.19. The fourth-order valence-corrected chi connectivity index (χ4v) is 4.20. The first-order chi connectivity index (χ1) is 15.4. The maximum atomic E-state index is 12.3. The zero-order valence-corrected chi connectivity index (χ0v) is 19.5. The van der Waals surface area contributed by atoms with Crippen LogP contribution in [0.3, 0.4) is 0 Å². The van der Waals surface area contributed by atoms with Crippen LogP contribution in [0.2, 0.25) is 0 Å². The van der Waals surface area contributed by atoms with Gasteiger partial charge in [-0.05, 0) is 37.1 Å². The van der Waals surface area contributed by atoms with Crippen LogP contribution in [0.15, 0.2) is 36.5 Å². The number of amides is 1. The summed E-state index contributed by atoms with van der Waals surface area (Å²) in [4.78, 5) is 27.7. The van der Waals surface area contributed by atoms with E-state index < -0.39 is 0 Å². The van der Waals surface area contributed by atoms with Crippen LogP contribution in [0.4, 0.5) is 16.6 Å².